The van der Waals surface area contributed by atoms with Crippen molar-refractivity contribution in [2.75, 3.05) is 31.1 Å². The average Bonchev–Trinajstić information content (AvgIpc) is 3.01. The molecule has 1 amide bonds. The number of benzene rings is 1. The third kappa shape index (κ3) is 3.61. The van der Waals surface area contributed by atoms with E-state index in [9.17, 15) is 9.59 Å². The highest BCUT2D eigenvalue weighted by Gasteiger charge is 2.23. The summed E-state index contributed by atoms with van der Waals surface area (Å²) in [7, 11) is 0. The number of halogens is 1. The van der Waals surface area contributed by atoms with Crippen LogP contribution in [0.3, 0.4) is 0 Å². The van der Waals surface area contributed by atoms with Gasteiger partial charge in [0.15, 0.2) is 9.70 Å². The van der Waals surface area contributed by atoms with Gasteiger partial charge in [-0.15, -0.1) is 11.3 Å². The number of Topliss-reactive ketones (excluding diaryl/α,β-unsaturated/α-hetero) is 1. The summed E-state index contributed by atoms with van der Waals surface area (Å²) in [5, 5.41) is 1.78. The van der Waals surface area contributed by atoms with Crippen LogP contribution < -0.4 is 4.90 Å². The summed E-state index contributed by atoms with van der Waals surface area (Å²) in [4.78, 5) is 31.9. The first-order chi connectivity index (χ1) is 11.0. The molecular formula is C16H16BrN3O2S. The van der Waals surface area contributed by atoms with E-state index in [0.29, 0.717) is 18.8 Å². The molecule has 7 heteroatoms. The van der Waals surface area contributed by atoms with E-state index in [4.69, 9.17) is 0 Å². The topological polar surface area (TPSA) is 53.5 Å². The summed E-state index contributed by atoms with van der Waals surface area (Å²) >= 11 is 4.70. The summed E-state index contributed by atoms with van der Waals surface area (Å²) in [6.45, 7) is 4.45. The van der Waals surface area contributed by atoms with Crippen molar-refractivity contribution in [3.05, 3.63) is 44.8 Å². The van der Waals surface area contributed by atoms with Crippen molar-refractivity contribution in [1.29, 1.82) is 0 Å². The van der Waals surface area contributed by atoms with Crippen LogP contribution in [0.4, 0.5) is 5.69 Å². The first-order valence-electron chi connectivity index (χ1n) is 7.31. The van der Waals surface area contributed by atoms with Crippen LogP contribution in [-0.4, -0.2) is 47.8 Å². The lowest BCUT2D eigenvalue weighted by molar-refractivity contribution is 0.0741. The van der Waals surface area contributed by atoms with E-state index < -0.39 is 0 Å². The summed E-state index contributed by atoms with van der Waals surface area (Å²) in [6, 6.07) is 7.63. The number of hydrogen-bond donors (Lipinski definition) is 0. The SMILES string of the molecule is CC(=O)c1ccc(N2CCN(C(=O)c3csc(Br)n3)CC2)cc1. The molecular weight excluding hydrogens is 378 g/mol. The van der Waals surface area contributed by atoms with E-state index in [1.807, 2.05) is 29.2 Å². The van der Waals surface area contributed by atoms with Gasteiger partial charge in [-0.1, -0.05) is 0 Å². The Kier molecular flexibility index (Phi) is 4.77. The van der Waals surface area contributed by atoms with Crippen molar-refractivity contribution in [3.63, 3.8) is 0 Å². The maximum Gasteiger partial charge on any atom is 0.273 e. The molecule has 0 radical (unpaired) electrons. The predicted octanol–water partition coefficient (Wildman–Crippen LogP) is 3.07. The molecule has 1 aliphatic rings. The molecule has 0 saturated carbocycles. The Morgan fingerprint density at radius 3 is 2.30 bits per heavy atom. The van der Waals surface area contributed by atoms with Gasteiger partial charge in [0.1, 0.15) is 5.69 Å². The van der Waals surface area contributed by atoms with Crippen molar-refractivity contribution in [2.45, 2.75) is 6.92 Å². The van der Waals surface area contributed by atoms with Crippen molar-refractivity contribution in [2.24, 2.45) is 0 Å². The maximum atomic E-state index is 12.4. The lowest BCUT2D eigenvalue weighted by Crippen LogP contribution is -2.48. The summed E-state index contributed by atoms with van der Waals surface area (Å²) in [5.74, 6) is 0.0555. The van der Waals surface area contributed by atoms with Gasteiger partial charge in [-0.25, -0.2) is 4.98 Å². The zero-order valence-electron chi connectivity index (χ0n) is 12.7. The Morgan fingerprint density at radius 2 is 1.78 bits per heavy atom. The molecule has 2 heterocycles. The van der Waals surface area contributed by atoms with Crippen molar-refractivity contribution < 1.29 is 9.59 Å². The van der Waals surface area contributed by atoms with Crippen molar-refractivity contribution >= 4 is 44.6 Å². The Hall–Kier alpha value is -1.73. The van der Waals surface area contributed by atoms with E-state index in [2.05, 4.69) is 25.8 Å². The van der Waals surface area contributed by atoms with E-state index in [1.54, 1.807) is 12.3 Å². The first kappa shape index (κ1) is 16.1. The number of thiazole rings is 1. The van der Waals surface area contributed by atoms with Gasteiger partial charge in [0.25, 0.3) is 5.91 Å². The molecule has 1 fully saturated rings. The third-order valence-corrected chi connectivity index (χ3v) is 5.27. The Morgan fingerprint density at radius 1 is 1.13 bits per heavy atom. The molecule has 0 unspecified atom stereocenters. The van der Waals surface area contributed by atoms with E-state index in [1.165, 1.54) is 11.3 Å². The number of ketones is 1. The second-order valence-corrected chi connectivity index (χ2v) is 7.50. The molecule has 1 aromatic heterocycles. The Balaban J connectivity index is 1.61. The molecule has 3 rings (SSSR count). The number of piperazine rings is 1. The van der Waals surface area contributed by atoms with Crippen LogP contribution in [0.1, 0.15) is 27.8 Å². The monoisotopic (exact) mass is 393 g/mol. The van der Waals surface area contributed by atoms with Crippen LogP contribution in [0.25, 0.3) is 0 Å². The van der Waals surface area contributed by atoms with Crippen LogP contribution in [0.2, 0.25) is 0 Å². The molecule has 1 aliphatic heterocycles. The number of nitrogens with zero attached hydrogens (tertiary/aromatic N) is 3. The molecule has 0 atom stereocenters. The molecule has 0 aliphatic carbocycles. The molecule has 0 bridgehead atoms. The molecule has 1 saturated heterocycles. The summed E-state index contributed by atoms with van der Waals surface area (Å²) < 4.78 is 0.727. The first-order valence-corrected chi connectivity index (χ1v) is 8.98. The lowest BCUT2D eigenvalue weighted by Gasteiger charge is -2.35. The van der Waals surface area contributed by atoms with Gasteiger partial charge >= 0.3 is 0 Å². The number of anilines is 1. The van der Waals surface area contributed by atoms with E-state index in [-0.39, 0.29) is 11.7 Å². The van der Waals surface area contributed by atoms with E-state index in [0.717, 1.165) is 28.3 Å². The fourth-order valence-corrected chi connectivity index (χ4v) is 3.57. The average molecular weight is 394 g/mol. The van der Waals surface area contributed by atoms with Crippen molar-refractivity contribution in [3.8, 4) is 0 Å². The van der Waals surface area contributed by atoms with Crippen LogP contribution in [0, 0.1) is 0 Å². The molecule has 0 N–H and O–H groups in total. The molecule has 2 aromatic rings. The Bertz CT molecular complexity index is 721. The van der Waals surface area contributed by atoms with E-state index >= 15 is 0 Å². The zero-order valence-corrected chi connectivity index (χ0v) is 15.1. The number of rotatable bonds is 3. The lowest BCUT2D eigenvalue weighted by atomic mass is 10.1. The fourth-order valence-electron chi connectivity index (χ4n) is 2.59. The number of carbonyl (C=O) groups excluding carboxylic acids is 2. The van der Waals surface area contributed by atoms with Gasteiger partial charge in [0.2, 0.25) is 0 Å². The highest BCUT2D eigenvalue weighted by atomic mass is 79.9. The van der Waals surface area contributed by atoms with Gasteiger partial charge < -0.3 is 9.80 Å². The summed E-state index contributed by atoms with van der Waals surface area (Å²) in [5.41, 5.74) is 2.30. The largest absolute Gasteiger partial charge is 0.368 e. The number of hydrogen-bond acceptors (Lipinski definition) is 5. The highest BCUT2D eigenvalue weighted by Crippen LogP contribution is 2.20. The Labute approximate surface area is 147 Å². The van der Waals surface area contributed by atoms with Crippen LogP contribution >= 0.6 is 27.3 Å². The van der Waals surface area contributed by atoms with Crippen LogP contribution in [0.5, 0.6) is 0 Å². The quantitative estimate of drug-likeness (QED) is 0.751. The predicted molar refractivity (Wildman–Crippen MR) is 94.4 cm³/mol. The third-order valence-electron chi connectivity index (χ3n) is 3.90. The minimum absolute atomic E-state index is 0.0153. The molecule has 0 spiro atoms. The van der Waals surface area contributed by atoms with Crippen molar-refractivity contribution in [1.82, 2.24) is 9.88 Å². The van der Waals surface area contributed by atoms with Gasteiger partial charge in [0, 0.05) is 42.8 Å². The van der Waals surface area contributed by atoms with Gasteiger partial charge in [-0.05, 0) is 47.1 Å². The highest BCUT2D eigenvalue weighted by molar-refractivity contribution is 9.11. The zero-order chi connectivity index (χ0) is 16.4. The minimum Gasteiger partial charge on any atom is -0.368 e. The minimum atomic E-state index is -0.0153. The van der Waals surface area contributed by atoms with Crippen LogP contribution in [-0.2, 0) is 0 Å². The van der Waals surface area contributed by atoms with Gasteiger partial charge in [-0.2, -0.15) is 0 Å². The number of aromatic nitrogens is 1. The fraction of sp³-hybridized carbons (Fsp3) is 0.312. The normalized spacial score (nSPS) is 14.9. The molecule has 120 valence electrons. The summed E-state index contributed by atoms with van der Waals surface area (Å²) in [6.07, 6.45) is 0. The second-order valence-electron chi connectivity index (χ2n) is 5.37. The van der Waals surface area contributed by atoms with Gasteiger partial charge in [-0.3, -0.25) is 9.59 Å². The molecule has 23 heavy (non-hydrogen) atoms. The molecule has 1 aromatic carbocycles. The smallest absolute Gasteiger partial charge is 0.273 e. The standard InChI is InChI=1S/C16H16BrN3O2S/c1-11(21)12-2-4-13(5-3-12)19-6-8-20(9-7-19)15(22)14-10-23-16(17)18-14/h2-5,10H,6-9H2,1H3. The maximum absolute atomic E-state index is 12.4. The number of amides is 1. The number of carbonyl (C=O) groups is 2. The second kappa shape index (κ2) is 6.80. The van der Waals surface area contributed by atoms with Crippen LogP contribution in [0.15, 0.2) is 33.6 Å². The molecule has 5 nitrogen and oxygen atoms in total. The van der Waals surface area contributed by atoms with Gasteiger partial charge in [0.05, 0.1) is 0 Å².